The van der Waals surface area contributed by atoms with Gasteiger partial charge in [0.25, 0.3) is 5.95 Å². The number of aryl methyl sites for hydroxylation is 3. The van der Waals surface area contributed by atoms with Crippen LogP contribution in [0.25, 0.3) is 11.0 Å². The number of ether oxygens (including phenoxy) is 1. The van der Waals surface area contributed by atoms with Crippen LogP contribution in [0.5, 0.6) is 5.95 Å². The van der Waals surface area contributed by atoms with E-state index >= 15 is 0 Å². The Morgan fingerprint density at radius 3 is 1.71 bits per heavy atom. The number of benzene rings is 3. The molecular weight excluding hydrogens is 543 g/mol. The van der Waals surface area contributed by atoms with Crippen LogP contribution in [0, 0.1) is 20.8 Å². The van der Waals surface area contributed by atoms with E-state index in [0.717, 1.165) is 18.4 Å². The minimum absolute atomic E-state index is 0.0714. The van der Waals surface area contributed by atoms with Crippen LogP contribution >= 0.6 is 12.1 Å². The summed E-state index contributed by atoms with van der Waals surface area (Å²) in [6.07, 6.45) is 2.93. The van der Waals surface area contributed by atoms with Gasteiger partial charge in [0.1, 0.15) is 12.2 Å². The maximum absolute atomic E-state index is 12.4. The highest BCUT2D eigenvalue weighted by atomic mass is 32.2. The van der Waals surface area contributed by atoms with Crippen molar-refractivity contribution >= 4 is 23.1 Å². The lowest BCUT2D eigenvalue weighted by Gasteiger charge is -2.09. The van der Waals surface area contributed by atoms with Crippen molar-refractivity contribution in [2.24, 2.45) is 0 Å². The molecule has 0 saturated heterocycles. The van der Waals surface area contributed by atoms with Crippen molar-refractivity contribution in [3.8, 4) is 5.95 Å². The maximum Gasteiger partial charge on any atom is 0.292 e. The highest BCUT2D eigenvalue weighted by molar-refractivity contribution is 7.94. The zero-order valence-corrected chi connectivity index (χ0v) is 28.8. The Bertz CT molecular complexity index is 1230. The summed E-state index contributed by atoms with van der Waals surface area (Å²) in [5.41, 5.74) is 5.82. The van der Waals surface area contributed by atoms with Crippen LogP contribution in [0.3, 0.4) is 0 Å². The van der Waals surface area contributed by atoms with E-state index in [1.165, 1.54) is 23.1 Å². The van der Waals surface area contributed by atoms with Crippen LogP contribution in [0.4, 0.5) is 3.89 Å². The molecule has 0 unspecified atom stereocenters. The van der Waals surface area contributed by atoms with Crippen LogP contribution in [-0.2, 0) is 13.0 Å². The van der Waals surface area contributed by atoms with E-state index in [2.05, 4.69) is 52.0 Å². The molecule has 42 heavy (non-hydrogen) atoms. The van der Waals surface area contributed by atoms with E-state index < -0.39 is 0 Å². The van der Waals surface area contributed by atoms with E-state index in [4.69, 9.17) is 9.15 Å². The molecule has 0 aliphatic carbocycles. The molecule has 4 rings (SSSR count). The van der Waals surface area contributed by atoms with Gasteiger partial charge in [-0.05, 0) is 68.0 Å². The fraction of sp³-hybridized carbons (Fsp3) is 0.432. The van der Waals surface area contributed by atoms with Crippen LogP contribution in [0.2, 0.25) is 0 Å². The van der Waals surface area contributed by atoms with Gasteiger partial charge in [0, 0.05) is 17.9 Å². The van der Waals surface area contributed by atoms with E-state index in [1.807, 2.05) is 77.9 Å². The SMILES string of the molecule is CC.CC.CC.CCC.Cc1c(OCc2ccc(CCCSF)cc2)oc2ccccc2c1=O.Cc1ccccc1C. The molecule has 0 atom stereocenters. The van der Waals surface area contributed by atoms with Gasteiger partial charge in [0.15, 0.2) is 5.43 Å². The Labute approximate surface area is 260 Å². The minimum atomic E-state index is -0.0714. The Hall–Kier alpha value is -3.05. The summed E-state index contributed by atoms with van der Waals surface area (Å²) in [5, 5.41) is 0.558. The summed E-state index contributed by atoms with van der Waals surface area (Å²) < 4.78 is 23.5. The molecule has 234 valence electrons. The van der Waals surface area contributed by atoms with Crippen molar-refractivity contribution in [1.82, 2.24) is 0 Å². The van der Waals surface area contributed by atoms with Crippen molar-refractivity contribution < 1.29 is 13.0 Å². The lowest BCUT2D eigenvalue weighted by Crippen LogP contribution is -2.08. The van der Waals surface area contributed by atoms with Gasteiger partial charge in [0.2, 0.25) is 0 Å². The second kappa shape index (κ2) is 26.8. The predicted molar refractivity (Wildman–Crippen MR) is 186 cm³/mol. The molecule has 0 bridgehead atoms. The van der Waals surface area contributed by atoms with Crippen LogP contribution < -0.4 is 10.2 Å². The highest BCUT2D eigenvalue weighted by Gasteiger charge is 2.11. The van der Waals surface area contributed by atoms with Gasteiger partial charge >= 0.3 is 0 Å². The normalized spacial score (nSPS) is 9.14. The third kappa shape index (κ3) is 15.8. The Morgan fingerprint density at radius 2 is 1.21 bits per heavy atom. The zero-order valence-electron chi connectivity index (χ0n) is 28.0. The highest BCUT2D eigenvalue weighted by Crippen LogP contribution is 2.22. The van der Waals surface area contributed by atoms with Gasteiger partial charge in [-0.2, -0.15) is 3.89 Å². The van der Waals surface area contributed by atoms with Crippen LogP contribution in [-0.4, -0.2) is 5.75 Å². The number of para-hydroxylation sites is 1. The van der Waals surface area contributed by atoms with E-state index in [0.29, 0.717) is 41.0 Å². The molecule has 0 saturated carbocycles. The average molecular weight is 599 g/mol. The Kier molecular flexibility index (Phi) is 26.2. The van der Waals surface area contributed by atoms with Crippen molar-refractivity contribution in [3.05, 3.63) is 111 Å². The largest absolute Gasteiger partial charge is 0.460 e. The molecule has 0 N–H and O–H groups in total. The predicted octanol–water partition coefficient (Wildman–Crippen LogP) is 12.0. The van der Waals surface area contributed by atoms with Gasteiger partial charge in [-0.25, -0.2) is 0 Å². The molecule has 5 heteroatoms. The summed E-state index contributed by atoms with van der Waals surface area (Å²) in [7, 11) is 0. The van der Waals surface area contributed by atoms with Crippen LogP contribution in [0.15, 0.2) is 82.0 Å². The third-order valence-electron chi connectivity index (χ3n) is 5.49. The van der Waals surface area contributed by atoms with Gasteiger partial charge < -0.3 is 9.15 Å². The van der Waals surface area contributed by atoms with E-state index in [9.17, 15) is 8.68 Å². The minimum Gasteiger partial charge on any atom is -0.460 e. The number of halogens is 1. The van der Waals surface area contributed by atoms with Crippen LogP contribution in [0.1, 0.15) is 96.0 Å². The van der Waals surface area contributed by atoms with Crippen molar-refractivity contribution in [3.63, 3.8) is 0 Å². The molecule has 0 amide bonds. The van der Waals surface area contributed by atoms with E-state index in [1.54, 1.807) is 19.1 Å². The van der Waals surface area contributed by atoms with Gasteiger partial charge in [-0.3, -0.25) is 4.79 Å². The van der Waals surface area contributed by atoms with Crippen molar-refractivity contribution in [2.75, 3.05) is 5.75 Å². The number of hydrogen-bond donors (Lipinski definition) is 0. The molecule has 4 aromatic rings. The quantitative estimate of drug-likeness (QED) is 0.198. The molecule has 0 radical (unpaired) electrons. The lowest BCUT2D eigenvalue weighted by molar-refractivity contribution is 0.232. The number of rotatable bonds is 7. The van der Waals surface area contributed by atoms with Crippen molar-refractivity contribution in [2.45, 2.75) is 102 Å². The second-order valence-electron chi connectivity index (χ2n) is 8.65. The fourth-order valence-corrected chi connectivity index (χ4v) is 3.55. The third-order valence-corrected chi connectivity index (χ3v) is 5.93. The standard InChI is InChI=1S/C20H19FO3S.C8H10.C3H8.3C2H6/c1-14-19(22)17-6-2-3-7-18(17)24-20(14)23-13-16-10-8-15(9-11-16)5-4-12-25-21;1-7-5-3-4-6-8(7)2;1-3-2;3*1-2/h2-3,6-11H,4-5,12-13H2,1H3;3-6H,1-2H3;3H2,1-2H3;3*1-2H3. The fourth-order valence-electron chi connectivity index (χ4n) is 3.30. The molecule has 1 heterocycles. The first-order valence-electron chi connectivity index (χ1n) is 15.4. The van der Waals surface area contributed by atoms with Crippen molar-refractivity contribution in [1.29, 1.82) is 0 Å². The average Bonchev–Trinajstić information content (AvgIpc) is 3.04. The monoisotopic (exact) mass is 598 g/mol. The Balaban J connectivity index is 0. The van der Waals surface area contributed by atoms with Gasteiger partial charge in [-0.15, -0.1) is 0 Å². The first-order chi connectivity index (χ1) is 20.4. The molecule has 0 aliphatic heterocycles. The summed E-state index contributed by atoms with van der Waals surface area (Å²) in [6.45, 7) is 22.5. The first kappa shape index (κ1) is 41.1. The summed E-state index contributed by atoms with van der Waals surface area (Å²) >= 11 is 0.377. The molecule has 1 aromatic heterocycles. The van der Waals surface area contributed by atoms with Gasteiger partial charge in [0.05, 0.1) is 10.9 Å². The molecule has 0 aliphatic rings. The molecule has 3 nitrogen and oxygen atoms in total. The smallest absolute Gasteiger partial charge is 0.292 e. The zero-order chi connectivity index (χ0) is 32.3. The van der Waals surface area contributed by atoms with E-state index in [-0.39, 0.29) is 11.4 Å². The number of hydrogen-bond acceptors (Lipinski definition) is 4. The molecular formula is C37H55FO3S. The molecule has 0 spiro atoms. The topological polar surface area (TPSA) is 39.4 Å². The number of fused-ring (bicyclic) bond motifs is 1. The molecule has 3 aromatic carbocycles. The Morgan fingerprint density at radius 1 is 0.738 bits per heavy atom. The summed E-state index contributed by atoms with van der Waals surface area (Å²) in [4.78, 5) is 12.4. The summed E-state index contributed by atoms with van der Waals surface area (Å²) in [5.74, 6) is 0.776. The second-order valence-corrected chi connectivity index (χ2v) is 9.28. The maximum atomic E-state index is 12.4. The van der Waals surface area contributed by atoms with Gasteiger partial charge in [-0.1, -0.05) is 122 Å². The summed E-state index contributed by atoms with van der Waals surface area (Å²) in [6, 6.07) is 23.5. The lowest BCUT2D eigenvalue weighted by atomic mass is 10.1. The molecule has 0 fully saturated rings. The first-order valence-corrected chi connectivity index (χ1v) is 16.3.